The highest BCUT2D eigenvalue weighted by Crippen LogP contribution is 2.37. The van der Waals surface area contributed by atoms with Gasteiger partial charge in [0.2, 0.25) is 0 Å². The van der Waals surface area contributed by atoms with Crippen LogP contribution in [0.15, 0.2) is 30.5 Å². The second-order valence-electron chi connectivity index (χ2n) is 6.87. The molecule has 1 aromatic carbocycles. The number of benzene rings is 1. The van der Waals surface area contributed by atoms with Crippen LogP contribution in [0.25, 0.3) is 22.3 Å². The van der Waals surface area contributed by atoms with Crippen molar-refractivity contribution in [2.24, 2.45) is 0 Å². The molecule has 8 heteroatoms. The Hall–Kier alpha value is -2.41. The summed E-state index contributed by atoms with van der Waals surface area (Å²) < 4.78 is 49.0. The largest absolute Gasteiger partial charge is 0.573 e. The third-order valence-corrected chi connectivity index (χ3v) is 5.24. The minimum atomic E-state index is -4.77. The maximum Gasteiger partial charge on any atom is 0.573 e. The number of hydrogen-bond donors (Lipinski definition) is 0. The van der Waals surface area contributed by atoms with Gasteiger partial charge in [-0.2, -0.15) is 0 Å². The van der Waals surface area contributed by atoms with E-state index in [9.17, 15) is 13.2 Å². The first-order chi connectivity index (χ1) is 13.7. The number of rotatable bonds is 6. The molecule has 1 atom stereocenters. The van der Waals surface area contributed by atoms with Crippen LogP contribution < -0.4 is 9.47 Å². The molecule has 0 aliphatic carbocycles. The Bertz CT molecular complexity index is 1030. The van der Waals surface area contributed by atoms with Crippen LogP contribution in [0.1, 0.15) is 30.5 Å². The predicted molar refractivity (Wildman–Crippen MR) is 108 cm³/mol. The van der Waals surface area contributed by atoms with Gasteiger partial charge in [0.15, 0.2) is 0 Å². The summed E-state index contributed by atoms with van der Waals surface area (Å²) >= 11 is 6.13. The average molecular weight is 427 g/mol. The van der Waals surface area contributed by atoms with E-state index in [1.165, 1.54) is 25.3 Å². The van der Waals surface area contributed by atoms with Crippen LogP contribution in [-0.2, 0) is 0 Å². The Morgan fingerprint density at radius 3 is 2.48 bits per heavy atom. The highest BCUT2D eigenvalue weighted by molar-refractivity contribution is 6.18. The number of fused-ring (bicyclic) bond motifs is 1. The van der Waals surface area contributed by atoms with Gasteiger partial charge in [-0.05, 0) is 49.6 Å². The molecular formula is C21H22ClF3N2O2. The van der Waals surface area contributed by atoms with Gasteiger partial charge in [0.25, 0.3) is 0 Å². The minimum Gasteiger partial charge on any atom is -0.496 e. The van der Waals surface area contributed by atoms with Crippen LogP contribution in [0, 0.1) is 13.8 Å². The molecule has 0 amide bonds. The lowest BCUT2D eigenvalue weighted by Crippen LogP contribution is -2.17. The zero-order valence-corrected chi connectivity index (χ0v) is 17.4. The molecule has 2 aromatic heterocycles. The monoisotopic (exact) mass is 426 g/mol. The molecule has 0 aliphatic rings. The number of ether oxygens (including phenoxy) is 2. The fraction of sp³-hybridized carbons (Fsp3) is 0.381. The molecule has 0 radical (unpaired) electrons. The first-order valence-corrected chi connectivity index (χ1v) is 9.70. The van der Waals surface area contributed by atoms with Crippen LogP contribution in [0.3, 0.4) is 0 Å². The number of methoxy groups -OCH3 is 1. The van der Waals surface area contributed by atoms with E-state index in [0.29, 0.717) is 17.1 Å². The van der Waals surface area contributed by atoms with Crippen molar-refractivity contribution in [3.05, 3.63) is 41.6 Å². The smallest absolute Gasteiger partial charge is 0.496 e. The number of halogens is 4. The van der Waals surface area contributed by atoms with Crippen molar-refractivity contribution in [1.82, 2.24) is 9.55 Å². The van der Waals surface area contributed by atoms with Crippen molar-refractivity contribution < 1.29 is 22.6 Å². The third-order valence-electron chi connectivity index (χ3n) is 4.88. The molecule has 0 saturated heterocycles. The molecule has 4 nitrogen and oxygen atoms in total. The lowest BCUT2D eigenvalue weighted by molar-refractivity contribution is -0.274. The third kappa shape index (κ3) is 4.29. The summed E-state index contributed by atoms with van der Waals surface area (Å²) in [6, 6.07) is 6.19. The summed E-state index contributed by atoms with van der Waals surface area (Å²) in [6.07, 6.45) is -1.84. The van der Waals surface area contributed by atoms with Crippen LogP contribution >= 0.6 is 11.6 Å². The number of nitrogens with zero attached hydrogens (tertiary/aromatic N) is 2. The molecule has 2 heterocycles. The number of hydrogen-bond acceptors (Lipinski definition) is 3. The average Bonchev–Trinajstić information content (AvgIpc) is 2.96. The summed E-state index contributed by atoms with van der Waals surface area (Å²) in [4.78, 5) is 4.82. The van der Waals surface area contributed by atoms with E-state index in [2.05, 4.69) is 16.2 Å². The normalized spacial score (nSPS) is 13.0. The molecule has 0 unspecified atom stereocenters. The molecule has 0 spiro atoms. The van der Waals surface area contributed by atoms with Gasteiger partial charge in [-0.3, -0.25) is 0 Å². The van der Waals surface area contributed by atoms with Gasteiger partial charge in [-0.25, -0.2) is 4.98 Å². The summed E-state index contributed by atoms with van der Waals surface area (Å²) in [7, 11) is 1.40. The molecule has 0 saturated carbocycles. The summed E-state index contributed by atoms with van der Waals surface area (Å²) in [5, 5.41) is 0. The maximum absolute atomic E-state index is 12.5. The standard InChI is InChI=1S/C21H22ClF3N2O2/c1-5-14(10-22)27-11-13(3)20-17(27)8-12(2)19(26-20)16-7-6-15(9-18(16)28-4)29-21(23,24)25/h6-9,11,14H,5,10H2,1-4H3/t14-/m0/s1. The van der Waals surface area contributed by atoms with Crippen molar-refractivity contribution in [2.75, 3.05) is 13.0 Å². The number of aromatic nitrogens is 2. The van der Waals surface area contributed by atoms with Gasteiger partial charge in [0.1, 0.15) is 11.5 Å². The maximum atomic E-state index is 12.5. The first-order valence-electron chi connectivity index (χ1n) is 9.17. The fourth-order valence-corrected chi connectivity index (χ4v) is 3.81. The van der Waals surface area contributed by atoms with Crippen molar-refractivity contribution in [3.8, 4) is 22.8 Å². The summed E-state index contributed by atoms with van der Waals surface area (Å²) in [6.45, 7) is 5.97. The quantitative estimate of drug-likeness (QED) is 0.427. The van der Waals surface area contributed by atoms with E-state index in [1.54, 1.807) is 0 Å². The summed E-state index contributed by atoms with van der Waals surface area (Å²) in [5.41, 5.74) is 4.93. The summed E-state index contributed by atoms with van der Waals surface area (Å²) in [5.74, 6) is 0.410. The number of alkyl halides is 4. The van der Waals surface area contributed by atoms with E-state index in [0.717, 1.165) is 28.6 Å². The SMILES string of the molecule is CC[C@@H](CCl)n1cc(C)c2nc(-c3ccc(OC(F)(F)F)cc3OC)c(C)cc21. The topological polar surface area (TPSA) is 36.3 Å². The van der Waals surface area contributed by atoms with Gasteiger partial charge in [-0.1, -0.05) is 6.92 Å². The van der Waals surface area contributed by atoms with E-state index in [1.807, 2.05) is 26.1 Å². The second-order valence-corrected chi connectivity index (χ2v) is 7.18. The highest BCUT2D eigenvalue weighted by Gasteiger charge is 2.31. The fourth-order valence-electron chi connectivity index (χ4n) is 3.44. The molecule has 0 aliphatic heterocycles. The van der Waals surface area contributed by atoms with Gasteiger partial charge in [-0.15, -0.1) is 24.8 Å². The number of pyridine rings is 1. The second kappa shape index (κ2) is 8.14. The molecule has 0 N–H and O–H groups in total. The van der Waals surface area contributed by atoms with Crippen molar-refractivity contribution in [2.45, 2.75) is 39.6 Å². The molecule has 29 heavy (non-hydrogen) atoms. The number of aryl methyl sites for hydroxylation is 2. The van der Waals surface area contributed by atoms with E-state index >= 15 is 0 Å². The predicted octanol–water partition coefficient (Wildman–Crippen LogP) is 6.42. The van der Waals surface area contributed by atoms with Crippen LogP contribution in [0.2, 0.25) is 0 Å². The Balaban J connectivity index is 2.13. The van der Waals surface area contributed by atoms with Crippen LogP contribution in [0.5, 0.6) is 11.5 Å². The molecular weight excluding hydrogens is 405 g/mol. The van der Waals surface area contributed by atoms with Gasteiger partial charge < -0.3 is 14.0 Å². The zero-order valence-electron chi connectivity index (χ0n) is 16.6. The van der Waals surface area contributed by atoms with Crippen molar-refractivity contribution in [1.29, 1.82) is 0 Å². The van der Waals surface area contributed by atoms with E-state index in [4.69, 9.17) is 21.3 Å². The lowest BCUT2D eigenvalue weighted by atomic mass is 10.0. The Kier molecular flexibility index (Phi) is 5.98. The highest BCUT2D eigenvalue weighted by atomic mass is 35.5. The zero-order chi connectivity index (χ0) is 21.3. The van der Waals surface area contributed by atoms with Gasteiger partial charge >= 0.3 is 6.36 Å². The molecule has 0 bridgehead atoms. The van der Waals surface area contributed by atoms with E-state index in [-0.39, 0.29) is 17.5 Å². The van der Waals surface area contributed by atoms with Gasteiger partial charge in [0, 0.05) is 29.7 Å². The van der Waals surface area contributed by atoms with E-state index < -0.39 is 6.36 Å². The molecule has 156 valence electrons. The van der Waals surface area contributed by atoms with Crippen molar-refractivity contribution in [3.63, 3.8) is 0 Å². The first kappa shape index (κ1) is 21.3. The minimum absolute atomic E-state index is 0.160. The molecule has 0 fully saturated rings. The van der Waals surface area contributed by atoms with Crippen LogP contribution in [-0.4, -0.2) is 28.9 Å². The molecule has 3 rings (SSSR count). The Labute approximate surface area is 172 Å². The Morgan fingerprint density at radius 1 is 1.17 bits per heavy atom. The van der Waals surface area contributed by atoms with Gasteiger partial charge in [0.05, 0.1) is 23.8 Å². The Morgan fingerprint density at radius 2 is 1.90 bits per heavy atom. The lowest BCUT2D eigenvalue weighted by Gasteiger charge is -2.17. The molecule has 3 aromatic rings. The van der Waals surface area contributed by atoms with Crippen molar-refractivity contribution >= 4 is 22.6 Å². The van der Waals surface area contributed by atoms with Crippen LogP contribution in [0.4, 0.5) is 13.2 Å².